The van der Waals surface area contributed by atoms with E-state index in [0.29, 0.717) is 25.8 Å². The smallest absolute Gasteiger partial charge is 0.220 e. The number of amides is 1. The number of carbonyl (C=O) groups is 1. The SMILES string of the molecule is NC(CCNC(=O)CC1CCS(=O)(=O)C1)c1ccccc1. The average Bonchev–Trinajstić information content (AvgIpc) is 2.78. The second-order valence-electron chi connectivity index (χ2n) is 5.63. The Kier molecular flexibility index (Phi) is 5.36. The van der Waals surface area contributed by atoms with Gasteiger partial charge in [-0.2, -0.15) is 0 Å². The Hall–Kier alpha value is -1.40. The lowest BCUT2D eigenvalue weighted by Crippen LogP contribution is -2.29. The Balaban J connectivity index is 1.68. The molecule has 1 heterocycles. The van der Waals surface area contributed by atoms with Gasteiger partial charge in [0.25, 0.3) is 0 Å². The van der Waals surface area contributed by atoms with Crippen molar-refractivity contribution in [3.05, 3.63) is 35.9 Å². The van der Waals surface area contributed by atoms with Crippen molar-refractivity contribution in [1.82, 2.24) is 5.32 Å². The molecular weight excluding hydrogens is 288 g/mol. The number of hydrogen-bond acceptors (Lipinski definition) is 4. The first-order valence-electron chi connectivity index (χ1n) is 7.24. The van der Waals surface area contributed by atoms with Crippen molar-refractivity contribution in [3.63, 3.8) is 0 Å². The summed E-state index contributed by atoms with van der Waals surface area (Å²) in [7, 11) is -2.91. The fourth-order valence-corrected chi connectivity index (χ4v) is 4.46. The number of benzene rings is 1. The Labute approximate surface area is 125 Å². The maximum absolute atomic E-state index is 11.8. The summed E-state index contributed by atoms with van der Waals surface area (Å²) in [5.41, 5.74) is 7.10. The molecule has 1 saturated heterocycles. The van der Waals surface area contributed by atoms with E-state index >= 15 is 0 Å². The van der Waals surface area contributed by atoms with Crippen LogP contribution in [0.15, 0.2) is 30.3 Å². The molecule has 1 aromatic rings. The van der Waals surface area contributed by atoms with Crippen LogP contribution in [0.1, 0.15) is 30.9 Å². The predicted octanol–water partition coefficient (Wildman–Crippen LogP) is 1.02. The van der Waals surface area contributed by atoms with E-state index in [0.717, 1.165) is 5.56 Å². The highest BCUT2D eigenvalue weighted by atomic mass is 32.2. The van der Waals surface area contributed by atoms with Gasteiger partial charge in [0.1, 0.15) is 0 Å². The molecule has 2 unspecified atom stereocenters. The van der Waals surface area contributed by atoms with Crippen molar-refractivity contribution in [2.24, 2.45) is 11.7 Å². The fraction of sp³-hybridized carbons (Fsp3) is 0.533. The van der Waals surface area contributed by atoms with Gasteiger partial charge in [0.05, 0.1) is 11.5 Å². The molecule has 2 rings (SSSR count). The summed E-state index contributed by atoms with van der Waals surface area (Å²) >= 11 is 0. The minimum Gasteiger partial charge on any atom is -0.356 e. The van der Waals surface area contributed by atoms with Crippen molar-refractivity contribution in [1.29, 1.82) is 0 Å². The molecule has 1 aliphatic heterocycles. The highest BCUT2D eigenvalue weighted by Crippen LogP contribution is 2.21. The van der Waals surface area contributed by atoms with Crippen molar-refractivity contribution < 1.29 is 13.2 Å². The van der Waals surface area contributed by atoms with Gasteiger partial charge in [-0.15, -0.1) is 0 Å². The molecule has 116 valence electrons. The lowest BCUT2D eigenvalue weighted by molar-refractivity contribution is -0.121. The molecule has 1 amide bonds. The zero-order valence-electron chi connectivity index (χ0n) is 12.0. The molecule has 3 N–H and O–H groups in total. The van der Waals surface area contributed by atoms with Crippen LogP contribution in [0.2, 0.25) is 0 Å². The number of nitrogens with one attached hydrogen (secondary N) is 1. The van der Waals surface area contributed by atoms with Crippen LogP contribution < -0.4 is 11.1 Å². The third-order valence-electron chi connectivity index (χ3n) is 3.81. The summed E-state index contributed by atoms with van der Waals surface area (Å²) in [5.74, 6) is 0.239. The minimum atomic E-state index is -2.91. The number of carbonyl (C=O) groups excluding carboxylic acids is 1. The Morgan fingerprint density at radius 3 is 2.67 bits per heavy atom. The number of nitrogens with two attached hydrogens (primary N) is 1. The quantitative estimate of drug-likeness (QED) is 0.821. The summed E-state index contributed by atoms with van der Waals surface area (Å²) in [6, 6.07) is 9.65. The van der Waals surface area contributed by atoms with Crippen LogP contribution in [0.4, 0.5) is 0 Å². The molecule has 0 saturated carbocycles. The van der Waals surface area contributed by atoms with Gasteiger partial charge >= 0.3 is 0 Å². The fourth-order valence-electron chi connectivity index (χ4n) is 2.60. The second kappa shape index (κ2) is 7.04. The van der Waals surface area contributed by atoms with Crippen LogP contribution in [0.25, 0.3) is 0 Å². The Morgan fingerprint density at radius 2 is 2.05 bits per heavy atom. The molecule has 2 atom stereocenters. The predicted molar refractivity (Wildman–Crippen MR) is 82.4 cm³/mol. The van der Waals surface area contributed by atoms with E-state index in [1.54, 1.807) is 0 Å². The van der Waals surface area contributed by atoms with Crippen LogP contribution >= 0.6 is 0 Å². The second-order valence-corrected chi connectivity index (χ2v) is 7.86. The van der Waals surface area contributed by atoms with E-state index < -0.39 is 9.84 Å². The van der Waals surface area contributed by atoms with E-state index in [9.17, 15) is 13.2 Å². The highest BCUT2D eigenvalue weighted by molar-refractivity contribution is 7.91. The Morgan fingerprint density at radius 1 is 1.33 bits per heavy atom. The van der Waals surface area contributed by atoms with Gasteiger partial charge in [-0.3, -0.25) is 4.79 Å². The van der Waals surface area contributed by atoms with Gasteiger partial charge in [-0.1, -0.05) is 30.3 Å². The normalized spacial score (nSPS) is 21.9. The van der Waals surface area contributed by atoms with Crippen LogP contribution in [-0.2, 0) is 14.6 Å². The highest BCUT2D eigenvalue weighted by Gasteiger charge is 2.29. The lowest BCUT2D eigenvalue weighted by Gasteiger charge is -2.13. The van der Waals surface area contributed by atoms with E-state index in [2.05, 4.69) is 5.32 Å². The first kappa shape index (κ1) is 16.0. The zero-order chi connectivity index (χ0) is 15.3. The maximum atomic E-state index is 11.8. The van der Waals surface area contributed by atoms with Crippen LogP contribution in [0.5, 0.6) is 0 Å². The molecule has 6 heteroatoms. The standard InChI is InChI=1S/C15H22N2O3S/c16-14(13-4-2-1-3-5-13)6-8-17-15(18)10-12-7-9-21(19,20)11-12/h1-5,12,14H,6-11,16H2,(H,17,18). The molecular formula is C15H22N2O3S. The van der Waals surface area contributed by atoms with E-state index in [1.807, 2.05) is 30.3 Å². The van der Waals surface area contributed by atoms with Gasteiger partial charge in [-0.05, 0) is 24.3 Å². The van der Waals surface area contributed by atoms with E-state index in [1.165, 1.54) is 0 Å². The third kappa shape index (κ3) is 5.13. The van der Waals surface area contributed by atoms with Crippen LogP contribution in [0.3, 0.4) is 0 Å². The van der Waals surface area contributed by atoms with E-state index in [-0.39, 0.29) is 29.4 Å². The third-order valence-corrected chi connectivity index (χ3v) is 5.64. The monoisotopic (exact) mass is 310 g/mol. The molecule has 21 heavy (non-hydrogen) atoms. The maximum Gasteiger partial charge on any atom is 0.220 e. The van der Waals surface area contributed by atoms with Crippen molar-refractivity contribution in [2.45, 2.75) is 25.3 Å². The van der Waals surface area contributed by atoms with Gasteiger partial charge in [-0.25, -0.2) is 8.42 Å². The number of hydrogen-bond donors (Lipinski definition) is 2. The Bertz CT molecular complexity index is 572. The molecule has 0 aliphatic carbocycles. The largest absolute Gasteiger partial charge is 0.356 e. The molecule has 0 spiro atoms. The van der Waals surface area contributed by atoms with Crippen molar-refractivity contribution >= 4 is 15.7 Å². The molecule has 5 nitrogen and oxygen atoms in total. The van der Waals surface area contributed by atoms with Crippen LogP contribution in [-0.4, -0.2) is 32.4 Å². The molecule has 0 bridgehead atoms. The minimum absolute atomic E-state index is 0.0298. The molecule has 1 aliphatic rings. The summed E-state index contributed by atoms with van der Waals surface area (Å²) in [6.45, 7) is 0.508. The van der Waals surface area contributed by atoms with Gasteiger partial charge in [0, 0.05) is 19.0 Å². The first-order chi connectivity index (χ1) is 9.96. The van der Waals surface area contributed by atoms with Gasteiger partial charge in [0.15, 0.2) is 9.84 Å². The summed E-state index contributed by atoms with van der Waals surface area (Å²) in [5, 5.41) is 2.82. The number of rotatable bonds is 6. The molecule has 1 fully saturated rings. The van der Waals surface area contributed by atoms with E-state index in [4.69, 9.17) is 5.73 Å². The molecule has 1 aromatic carbocycles. The van der Waals surface area contributed by atoms with Gasteiger partial charge in [0.2, 0.25) is 5.91 Å². The summed E-state index contributed by atoms with van der Waals surface area (Å²) < 4.78 is 22.7. The van der Waals surface area contributed by atoms with Crippen molar-refractivity contribution in [3.8, 4) is 0 Å². The summed E-state index contributed by atoms with van der Waals surface area (Å²) in [4.78, 5) is 11.8. The molecule has 0 aromatic heterocycles. The lowest BCUT2D eigenvalue weighted by atomic mass is 10.0. The molecule has 0 radical (unpaired) electrons. The first-order valence-corrected chi connectivity index (χ1v) is 9.06. The van der Waals surface area contributed by atoms with Crippen molar-refractivity contribution in [2.75, 3.05) is 18.1 Å². The van der Waals surface area contributed by atoms with Crippen LogP contribution in [0, 0.1) is 5.92 Å². The average molecular weight is 310 g/mol. The number of sulfone groups is 1. The van der Waals surface area contributed by atoms with Gasteiger partial charge < -0.3 is 11.1 Å². The zero-order valence-corrected chi connectivity index (χ0v) is 12.8. The topological polar surface area (TPSA) is 89.3 Å². The summed E-state index contributed by atoms with van der Waals surface area (Å²) in [6.07, 6.45) is 1.55.